The van der Waals surface area contributed by atoms with Crippen molar-refractivity contribution in [3.05, 3.63) is 83.7 Å². The second-order valence-corrected chi connectivity index (χ2v) is 6.78. The van der Waals surface area contributed by atoms with E-state index < -0.39 is 18.1 Å². The molecule has 4 rings (SSSR count). The molecule has 1 amide bonds. The minimum absolute atomic E-state index is 0.248. The monoisotopic (exact) mass is 376 g/mol. The topological polar surface area (TPSA) is 71.8 Å². The maximum atomic E-state index is 13.4. The van der Waals surface area contributed by atoms with Gasteiger partial charge in [-0.1, -0.05) is 35.9 Å². The number of methoxy groups -OCH3 is 1. The zero-order valence-corrected chi connectivity index (χ0v) is 15.6. The summed E-state index contributed by atoms with van der Waals surface area (Å²) in [5.74, 6) is -0.723. The number of para-hydroxylation sites is 1. The predicted molar refractivity (Wildman–Crippen MR) is 105 cm³/mol. The van der Waals surface area contributed by atoms with Crippen molar-refractivity contribution in [3.63, 3.8) is 0 Å². The SMILES string of the molecule is COc1ccccc1[C@@H]1[C@H](C(=O)O)n2cccc2C(=O)N1c1ccc(C)cc1. The summed E-state index contributed by atoms with van der Waals surface area (Å²) in [6, 6.07) is 16.3. The molecule has 1 aliphatic rings. The van der Waals surface area contributed by atoms with Crippen molar-refractivity contribution in [1.29, 1.82) is 0 Å². The van der Waals surface area contributed by atoms with Gasteiger partial charge in [0.2, 0.25) is 0 Å². The van der Waals surface area contributed by atoms with Crippen molar-refractivity contribution < 1.29 is 19.4 Å². The molecular weight excluding hydrogens is 356 g/mol. The van der Waals surface area contributed by atoms with Crippen molar-refractivity contribution in [2.75, 3.05) is 12.0 Å². The van der Waals surface area contributed by atoms with E-state index in [0.717, 1.165) is 5.56 Å². The summed E-state index contributed by atoms with van der Waals surface area (Å²) >= 11 is 0. The molecule has 2 aromatic carbocycles. The van der Waals surface area contributed by atoms with Gasteiger partial charge in [0.1, 0.15) is 11.4 Å². The molecule has 0 saturated carbocycles. The van der Waals surface area contributed by atoms with Gasteiger partial charge in [0, 0.05) is 17.4 Å². The molecule has 0 saturated heterocycles. The van der Waals surface area contributed by atoms with Crippen LogP contribution >= 0.6 is 0 Å². The van der Waals surface area contributed by atoms with Gasteiger partial charge in [0.25, 0.3) is 5.91 Å². The van der Waals surface area contributed by atoms with Gasteiger partial charge in [-0.3, -0.25) is 9.69 Å². The highest BCUT2D eigenvalue weighted by Gasteiger charge is 2.45. The summed E-state index contributed by atoms with van der Waals surface area (Å²) in [6.45, 7) is 1.96. The van der Waals surface area contributed by atoms with Gasteiger partial charge in [0.05, 0.1) is 13.2 Å². The van der Waals surface area contributed by atoms with E-state index in [-0.39, 0.29) is 5.91 Å². The van der Waals surface area contributed by atoms with Crippen molar-refractivity contribution in [1.82, 2.24) is 4.57 Å². The molecule has 0 fully saturated rings. The molecule has 0 aliphatic carbocycles. The lowest BCUT2D eigenvalue weighted by molar-refractivity contribution is -0.141. The highest BCUT2D eigenvalue weighted by molar-refractivity contribution is 6.07. The normalized spacial score (nSPS) is 18.6. The van der Waals surface area contributed by atoms with E-state index in [1.54, 1.807) is 29.3 Å². The van der Waals surface area contributed by atoms with E-state index in [9.17, 15) is 14.7 Å². The molecule has 2 atom stereocenters. The van der Waals surface area contributed by atoms with E-state index >= 15 is 0 Å². The summed E-state index contributed by atoms with van der Waals surface area (Å²) in [6.07, 6.45) is 1.64. The average molecular weight is 376 g/mol. The molecule has 28 heavy (non-hydrogen) atoms. The first-order valence-corrected chi connectivity index (χ1v) is 8.95. The number of nitrogens with zero attached hydrogens (tertiary/aromatic N) is 2. The van der Waals surface area contributed by atoms with Crippen LogP contribution in [0.5, 0.6) is 5.75 Å². The molecule has 1 aromatic heterocycles. The molecule has 0 spiro atoms. The third-order valence-corrected chi connectivity index (χ3v) is 5.12. The Morgan fingerprint density at radius 1 is 1.04 bits per heavy atom. The number of aromatic nitrogens is 1. The summed E-state index contributed by atoms with van der Waals surface area (Å²) in [5.41, 5.74) is 2.69. The van der Waals surface area contributed by atoms with E-state index in [1.165, 1.54) is 11.7 Å². The Hall–Kier alpha value is -3.54. The van der Waals surface area contributed by atoms with E-state index in [4.69, 9.17) is 4.74 Å². The van der Waals surface area contributed by atoms with Gasteiger partial charge < -0.3 is 14.4 Å². The first kappa shape index (κ1) is 17.9. The minimum atomic E-state index is -1.02. The molecule has 6 heteroatoms. The summed E-state index contributed by atoms with van der Waals surface area (Å²) in [7, 11) is 1.54. The van der Waals surface area contributed by atoms with Gasteiger partial charge in [-0.15, -0.1) is 0 Å². The molecule has 0 bridgehead atoms. The molecule has 3 aromatic rings. The van der Waals surface area contributed by atoms with E-state index in [0.29, 0.717) is 22.7 Å². The number of carbonyl (C=O) groups excluding carboxylic acids is 1. The van der Waals surface area contributed by atoms with Crippen molar-refractivity contribution in [2.45, 2.75) is 19.0 Å². The molecule has 2 heterocycles. The van der Waals surface area contributed by atoms with Crippen molar-refractivity contribution >= 4 is 17.6 Å². The number of aliphatic carboxylic acids is 1. The largest absolute Gasteiger partial charge is 0.496 e. The van der Waals surface area contributed by atoms with Gasteiger partial charge in [-0.2, -0.15) is 0 Å². The molecular formula is C22H20N2O4. The molecule has 0 radical (unpaired) electrons. The van der Waals surface area contributed by atoms with Gasteiger partial charge >= 0.3 is 5.97 Å². The number of hydrogen-bond acceptors (Lipinski definition) is 3. The maximum Gasteiger partial charge on any atom is 0.329 e. The van der Waals surface area contributed by atoms with Gasteiger partial charge in [0.15, 0.2) is 6.04 Å². The van der Waals surface area contributed by atoms with Crippen LogP contribution < -0.4 is 9.64 Å². The maximum absolute atomic E-state index is 13.4. The zero-order valence-electron chi connectivity index (χ0n) is 15.6. The number of benzene rings is 2. The molecule has 6 nitrogen and oxygen atoms in total. The number of fused-ring (bicyclic) bond motifs is 1. The standard InChI is InChI=1S/C22H20N2O4/c1-14-9-11-15(12-10-14)24-19(16-6-3-4-8-18(16)28-2)20(22(26)27)23-13-5-7-17(23)21(24)25/h3-13,19-20H,1-2H3,(H,26,27)/t19-,20-/m1/s1. The Kier molecular flexibility index (Phi) is 4.39. The molecule has 0 unspecified atom stereocenters. The van der Waals surface area contributed by atoms with Crippen LogP contribution in [0.25, 0.3) is 0 Å². The quantitative estimate of drug-likeness (QED) is 0.751. The molecule has 1 aliphatic heterocycles. The summed E-state index contributed by atoms with van der Waals surface area (Å²) in [4.78, 5) is 27.3. The number of aryl methyl sites for hydroxylation is 1. The van der Waals surface area contributed by atoms with Crippen LogP contribution in [0, 0.1) is 6.92 Å². The van der Waals surface area contributed by atoms with E-state index in [1.807, 2.05) is 49.4 Å². The first-order chi connectivity index (χ1) is 13.5. The number of rotatable bonds is 4. The zero-order chi connectivity index (χ0) is 19.8. The minimum Gasteiger partial charge on any atom is -0.496 e. The van der Waals surface area contributed by atoms with Crippen LogP contribution in [-0.2, 0) is 4.79 Å². The van der Waals surface area contributed by atoms with Crippen LogP contribution in [0.3, 0.4) is 0 Å². The third kappa shape index (κ3) is 2.74. The number of amides is 1. The summed E-state index contributed by atoms with van der Waals surface area (Å²) in [5, 5.41) is 10.1. The smallest absolute Gasteiger partial charge is 0.329 e. The highest BCUT2D eigenvalue weighted by Crippen LogP contribution is 2.44. The average Bonchev–Trinajstić information content (AvgIpc) is 3.18. The number of carboxylic acids is 1. The van der Waals surface area contributed by atoms with Crippen molar-refractivity contribution in [2.24, 2.45) is 0 Å². The summed E-state index contributed by atoms with van der Waals surface area (Å²) < 4.78 is 7.03. The lowest BCUT2D eigenvalue weighted by atomic mass is 9.92. The Labute approximate surface area is 162 Å². The van der Waals surface area contributed by atoms with Gasteiger partial charge in [-0.05, 0) is 37.3 Å². The van der Waals surface area contributed by atoms with Crippen LogP contribution in [0.2, 0.25) is 0 Å². The fourth-order valence-corrected chi connectivity index (χ4v) is 3.82. The van der Waals surface area contributed by atoms with Crippen LogP contribution in [0.4, 0.5) is 5.69 Å². The molecule has 1 N–H and O–H groups in total. The lowest BCUT2D eigenvalue weighted by Crippen LogP contribution is -2.48. The Balaban J connectivity index is 1.99. The Morgan fingerprint density at radius 3 is 2.43 bits per heavy atom. The molecule has 142 valence electrons. The predicted octanol–water partition coefficient (Wildman–Crippen LogP) is 3.83. The number of hydrogen-bond donors (Lipinski definition) is 1. The number of carboxylic acid groups (broad SMARTS) is 1. The lowest BCUT2D eigenvalue weighted by Gasteiger charge is -2.41. The fraction of sp³-hybridized carbons (Fsp3) is 0.182. The second kappa shape index (κ2) is 6.88. The van der Waals surface area contributed by atoms with Gasteiger partial charge in [-0.25, -0.2) is 4.79 Å². The second-order valence-electron chi connectivity index (χ2n) is 6.78. The first-order valence-electron chi connectivity index (χ1n) is 8.95. The highest BCUT2D eigenvalue weighted by atomic mass is 16.5. The van der Waals surface area contributed by atoms with Crippen molar-refractivity contribution in [3.8, 4) is 5.75 Å². The number of anilines is 1. The van der Waals surface area contributed by atoms with Crippen LogP contribution in [0.1, 0.15) is 33.7 Å². The Morgan fingerprint density at radius 2 is 1.75 bits per heavy atom. The number of ether oxygens (including phenoxy) is 1. The van der Waals surface area contributed by atoms with Crippen LogP contribution in [-0.4, -0.2) is 28.7 Å². The van der Waals surface area contributed by atoms with E-state index in [2.05, 4.69) is 0 Å². The van der Waals surface area contributed by atoms with Crippen LogP contribution in [0.15, 0.2) is 66.9 Å². The number of carbonyl (C=O) groups is 2. The third-order valence-electron chi connectivity index (χ3n) is 5.12. The Bertz CT molecular complexity index is 1040. The fourth-order valence-electron chi connectivity index (χ4n) is 3.82.